The van der Waals surface area contributed by atoms with E-state index in [4.69, 9.17) is 4.74 Å². The van der Waals surface area contributed by atoms with Crippen LogP contribution < -0.4 is 5.32 Å². The first-order valence-corrected chi connectivity index (χ1v) is 15.2. The van der Waals surface area contributed by atoms with Crippen LogP contribution in [0.5, 0.6) is 0 Å². The molecule has 212 valence electrons. The molecule has 0 aromatic heterocycles. The maximum atomic E-state index is 12.1. The number of carboxylic acids is 1. The maximum absolute atomic E-state index is 12.1. The van der Waals surface area contributed by atoms with Crippen LogP contribution in [0, 0.1) is 0 Å². The van der Waals surface area contributed by atoms with Crippen LogP contribution in [0.1, 0.15) is 162 Å². The fourth-order valence-electron chi connectivity index (χ4n) is 4.42. The van der Waals surface area contributed by atoms with Gasteiger partial charge >= 0.3 is 11.9 Å². The summed E-state index contributed by atoms with van der Waals surface area (Å²) in [6, 6.07) is -1.22. The summed E-state index contributed by atoms with van der Waals surface area (Å²) >= 11 is 0. The number of carboxylic acid groups (broad SMARTS) is 1. The minimum absolute atomic E-state index is 0.300. The van der Waals surface area contributed by atoms with Crippen LogP contribution in [0.25, 0.3) is 0 Å². The molecule has 0 spiro atoms. The van der Waals surface area contributed by atoms with Crippen molar-refractivity contribution in [1.29, 1.82) is 0 Å². The first-order valence-electron chi connectivity index (χ1n) is 15.2. The average molecular weight is 512 g/mol. The molecule has 0 aromatic rings. The standard InChI is InChI=1S/C30H57NO5/c1-3-5-7-9-11-13-15-17-19-21-23-25-36-29(33)26-27(30(34)35)31-28(32)24-22-20-18-16-14-12-10-8-6-4-2/h27H,3-26H2,1-2H3,(H,31,32)(H,34,35)/t27-/m0/s1. The molecule has 36 heavy (non-hydrogen) atoms. The van der Waals surface area contributed by atoms with Gasteiger partial charge in [-0.1, -0.05) is 136 Å². The molecule has 0 aliphatic carbocycles. The molecular weight excluding hydrogens is 454 g/mol. The fourth-order valence-corrected chi connectivity index (χ4v) is 4.42. The van der Waals surface area contributed by atoms with Crippen LogP contribution in [0.4, 0.5) is 0 Å². The number of esters is 1. The van der Waals surface area contributed by atoms with Crippen molar-refractivity contribution in [2.45, 2.75) is 168 Å². The van der Waals surface area contributed by atoms with Gasteiger partial charge in [-0.05, 0) is 12.8 Å². The Labute approximate surface area is 221 Å². The number of nitrogens with one attached hydrogen (secondary N) is 1. The van der Waals surface area contributed by atoms with Gasteiger partial charge in [-0.2, -0.15) is 0 Å². The van der Waals surface area contributed by atoms with Crippen molar-refractivity contribution in [2.24, 2.45) is 0 Å². The zero-order valence-electron chi connectivity index (χ0n) is 23.6. The van der Waals surface area contributed by atoms with Crippen molar-refractivity contribution in [1.82, 2.24) is 5.32 Å². The first kappa shape index (κ1) is 34.4. The number of hydrogen-bond acceptors (Lipinski definition) is 4. The molecule has 6 nitrogen and oxygen atoms in total. The molecule has 0 rings (SSSR count). The van der Waals surface area contributed by atoms with Gasteiger partial charge in [0.25, 0.3) is 0 Å². The topological polar surface area (TPSA) is 92.7 Å². The van der Waals surface area contributed by atoms with Gasteiger partial charge in [-0.25, -0.2) is 4.79 Å². The largest absolute Gasteiger partial charge is 0.480 e. The quantitative estimate of drug-likeness (QED) is 0.0858. The van der Waals surface area contributed by atoms with Gasteiger partial charge in [0.05, 0.1) is 13.0 Å². The van der Waals surface area contributed by atoms with Crippen molar-refractivity contribution in [3.05, 3.63) is 0 Å². The molecule has 1 amide bonds. The summed E-state index contributed by atoms with van der Waals surface area (Å²) in [7, 11) is 0. The molecule has 0 aromatic carbocycles. The summed E-state index contributed by atoms with van der Waals surface area (Å²) in [6.45, 7) is 4.77. The van der Waals surface area contributed by atoms with Crippen LogP contribution in [-0.4, -0.2) is 35.6 Å². The SMILES string of the molecule is CCCCCCCCCCCCCOC(=O)C[C@H](NC(=O)CCCCCCCCCCCC)C(=O)O. The Hall–Kier alpha value is -1.59. The minimum atomic E-state index is -1.22. The van der Waals surface area contributed by atoms with Gasteiger partial charge in [0, 0.05) is 6.42 Å². The normalized spacial score (nSPS) is 11.8. The number of hydrogen-bond donors (Lipinski definition) is 2. The molecule has 0 saturated carbocycles. The zero-order chi connectivity index (χ0) is 26.7. The molecular formula is C30H57NO5. The van der Waals surface area contributed by atoms with Crippen molar-refractivity contribution < 1.29 is 24.2 Å². The number of aliphatic carboxylic acids is 1. The number of rotatable bonds is 27. The third-order valence-electron chi connectivity index (χ3n) is 6.77. The van der Waals surface area contributed by atoms with E-state index in [2.05, 4.69) is 19.2 Å². The molecule has 0 bridgehead atoms. The highest BCUT2D eigenvalue weighted by Gasteiger charge is 2.23. The molecule has 6 heteroatoms. The Kier molecular flexibility index (Phi) is 25.3. The molecule has 0 heterocycles. The number of unbranched alkanes of at least 4 members (excludes halogenated alkanes) is 19. The zero-order valence-corrected chi connectivity index (χ0v) is 23.6. The van der Waals surface area contributed by atoms with Gasteiger partial charge in [0.2, 0.25) is 5.91 Å². The smallest absolute Gasteiger partial charge is 0.326 e. The van der Waals surface area contributed by atoms with E-state index in [1.54, 1.807) is 0 Å². The van der Waals surface area contributed by atoms with Crippen molar-refractivity contribution in [3.8, 4) is 0 Å². The average Bonchev–Trinajstić information content (AvgIpc) is 2.85. The highest BCUT2D eigenvalue weighted by molar-refractivity contribution is 5.87. The van der Waals surface area contributed by atoms with Gasteiger partial charge in [0.15, 0.2) is 0 Å². The second-order valence-corrected chi connectivity index (χ2v) is 10.4. The number of amides is 1. The lowest BCUT2D eigenvalue weighted by Gasteiger charge is -2.14. The molecule has 0 fully saturated rings. The van der Waals surface area contributed by atoms with E-state index >= 15 is 0 Å². The summed E-state index contributed by atoms with van der Waals surface area (Å²) < 4.78 is 5.20. The van der Waals surface area contributed by atoms with Crippen molar-refractivity contribution in [2.75, 3.05) is 6.61 Å². The van der Waals surface area contributed by atoms with E-state index in [0.717, 1.165) is 38.5 Å². The van der Waals surface area contributed by atoms with Crippen molar-refractivity contribution in [3.63, 3.8) is 0 Å². The summed E-state index contributed by atoms with van der Waals surface area (Å²) in [5.41, 5.74) is 0. The van der Waals surface area contributed by atoms with Crippen LogP contribution in [0.2, 0.25) is 0 Å². The Morgan fingerprint density at radius 3 is 1.42 bits per heavy atom. The Morgan fingerprint density at radius 1 is 0.611 bits per heavy atom. The Morgan fingerprint density at radius 2 is 1.00 bits per heavy atom. The number of ether oxygens (including phenoxy) is 1. The summed E-state index contributed by atoms with van der Waals surface area (Å²) in [5, 5.41) is 11.9. The van der Waals surface area contributed by atoms with E-state index in [1.807, 2.05) is 0 Å². The highest BCUT2D eigenvalue weighted by Crippen LogP contribution is 2.12. The predicted molar refractivity (Wildman–Crippen MR) is 148 cm³/mol. The lowest BCUT2D eigenvalue weighted by Crippen LogP contribution is -2.42. The Balaban J connectivity index is 3.73. The summed E-state index contributed by atoms with van der Waals surface area (Å²) in [4.78, 5) is 35.6. The third kappa shape index (κ3) is 24.1. The van der Waals surface area contributed by atoms with Gasteiger partial charge in [-0.15, -0.1) is 0 Å². The van der Waals surface area contributed by atoms with Gasteiger partial charge < -0.3 is 15.2 Å². The van der Waals surface area contributed by atoms with E-state index in [0.29, 0.717) is 13.0 Å². The van der Waals surface area contributed by atoms with E-state index < -0.39 is 18.0 Å². The number of carbonyl (C=O) groups excluding carboxylic acids is 2. The summed E-state index contributed by atoms with van der Waals surface area (Å²) in [6.07, 6.45) is 25.2. The van der Waals surface area contributed by atoms with Crippen molar-refractivity contribution >= 4 is 17.8 Å². The van der Waals surface area contributed by atoms with Gasteiger partial charge in [0.1, 0.15) is 6.04 Å². The lowest BCUT2D eigenvalue weighted by atomic mass is 10.1. The first-order chi connectivity index (χ1) is 17.5. The summed E-state index contributed by atoms with van der Waals surface area (Å²) in [5.74, 6) is -2.06. The minimum Gasteiger partial charge on any atom is -0.480 e. The molecule has 0 saturated heterocycles. The number of carbonyl (C=O) groups is 3. The van der Waals surface area contributed by atoms with Crippen LogP contribution in [-0.2, 0) is 19.1 Å². The molecule has 2 N–H and O–H groups in total. The van der Waals surface area contributed by atoms with Crippen LogP contribution >= 0.6 is 0 Å². The molecule has 1 atom stereocenters. The van der Waals surface area contributed by atoms with Gasteiger partial charge in [-0.3, -0.25) is 9.59 Å². The van der Waals surface area contributed by atoms with E-state index in [1.165, 1.54) is 96.3 Å². The second kappa shape index (κ2) is 26.5. The van der Waals surface area contributed by atoms with Crippen LogP contribution in [0.15, 0.2) is 0 Å². The molecule has 0 radical (unpaired) electrons. The predicted octanol–water partition coefficient (Wildman–Crippen LogP) is 8.11. The molecule has 0 aliphatic rings. The third-order valence-corrected chi connectivity index (χ3v) is 6.77. The van der Waals surface area contributed by atoms with Crippen LogP contribution in [0.3, 0.4) is 0 Å². The maximum Gasteiger partial charge on any atom is 0.326 e. The molecule has 0 aliphatic heterocycles. The Bertz CT molecular complexity index is 537. The molecule has 0 unspecified atom stereocenters. The second-order valence-electron chi connectivity index (χ2n) is 10.4. The monoisotopic (exact) mass is 511 g/mol. The van der Waals surface area contributed by atoms with E-state index in [9.17, 15) is 19.5 Å². The highest BCUT2D eigenvalue weighted by atomic mass is 16.5. The van der Waals surface area contributed by atoms with E-state index in [-0.39, 0.29) is 12.3 Å². The fraction of sp³-hybridized carbons (Fsp3) is 0.900. The lowest BCUT2D eigenvalue weighted by molar-refractivity contribution is -0.150.